The second-order valence-electron chi connectivity index (χ2n) is 2.21. The predicted molar refractivity (Wildman–Crippen MR) is 67.4 cm³/mol. The highest BCUT2D eigenvalue weighted by molar-refractivity contribution is 9.10. The zero-order chi connectivity index (χ0) is 11.0. The Labute approximate surface area is 93.2 Å². The van der Waals surface area contributed by atoms with Gasteiger partial charge in [0.2, 0.25) is 0 Å². The molecule has 0 N–H and O–H groups in total. The molecule has 1 aromatic rings. The summed E-state index contributed by atoms with van der Waals surface area (Å²) in [4.78, 5) is 7.77. The number of halogens is 1. The van der Waals surface area contributed by atoms with Gasteiger partial charge >= 0.3 is 0 Å². The van der Waals surface area contributed by atoms with Crippen LogP contribution < -0.4 is 0 Å². The first-order valence-corrected chi connectivity index (χ1v) is 4.76. The summed E-state index contributed by atoms with van der Waals surface area (Å²) in [7, 11) is 1.70. The Bertz CT molecular complexity index is 315. The molecule has 0 saturated carbocycles. The van der Waals surface area contributed by atoms with Crippen LogP contribution >= 0.6 is 15.9 Å². The van der Waals surface area contributed by atoms with E-state index in [4.69, 9.17) is 0 Å². The monoisotopic (exact) mass is 252 g/mol. The van der Waals surface area contributed by atoms with E-state index in [1.54, 1.807) is 7.05 Å². The molecule has 0 aliphatic rings. The summed E-state index contributed by atoms with van der Waals surface area (Å²) in [6.07, 6.45) is 0. The molecule has 0 aromatic heterocycles. The van der Waals surface area contributed by atoms with Gasteiger partial charge in [-0.3, -0.25) is 4.99 Å². The van der Waals surface area contributed by atoms with Crippen molar-refractivity contribution in [1.29, 1.82) is 0 Å². The molecule has 0 bridgehead atoms. The molecule has 0 unspecified atom stereocenters. The zero-order valence-electron chi connectivity index (χ0n) is 8.20. The average Bonchev–Trinajstić information content (AvgIpc) is 2.25. The van der Waals surface area contributed by atoms with E-state index in [1.165, 1.54) is 0 Å². The van der Waals surface area contributed by atoms with Crippen LogP contribution in [0, 0.1) is 0 Å². The molecular formula is C11H13BrN2. The van der Waals surface area contributed by atoms with Gasteiger partial charge < -0.3 is 0 Å². The first-order valence-electron chi connectivity index (χ1n) is 3.97. The smallest absolute Gasteiger partial charge is 0.153 e. The molecule has 0 aliphatic heterocycles. The maximum atomic E-state index is 3.98. The SMILES string of the molecule is C=C.C=NC(=NC)c1ccc(Br)cc1. The Hall–Kier alpha value is -1.22. The maximum Gasteiger partial charge on any atom is 0.153 e. The van der Waals surface area contributed by atoms with Crippen LogP contribution in [0.3, 0.4) is 0 Å². The number of benzene rings is 1. The van der Waals surface area contributed by atoms with Crippen LogP contribution in [0.4, 0.5) is 0 Å². The second-order valence-corrected chi connectivity index (χ2v) is 3.13. The van der Waals surface area contributed by atoms with Gasteiger partial charge in [0.15, 0.2) is 5.84 Å². The van der Waals surface area contributed by atoms with Gasteiger partial charge in [-0.05, 0) is 18.9 Å². The van der Waals surface area contributed by atoms with E-state index in [0.717, 1.165) is 10.0 Å². The Kier molecular flexibility index (Phi) is 6.58. The number of hydrogen-bond donors (Lipinski definition) is 0. The molecule has 2 nitrogen and oxygen atoms in total. The van der Waals surface area contributed by atoms with E-state index < -0.39 is 0 Å². The van der Waals surface area contributed by atoms with Crippen LogP contribution in [0.2, 0.25) is 0 Å². The van der Waals surface area contributed by atoms with Gasteiger partial charge in [0.05, 0.1) is 0 Å². The van der Waals surface area contributed by atoms with E-state index in [0.29, 0.717) is 5.84 Å². The highest BCUT2D eigenvalue weighted by Crippen LogP contribution is 2.11. The summed E-state index contributed by atoms with van der Waals surface area (Å²) < 4.78 is 1.05. The Morgan fingerprint density at radius 2 is 1.71 bits per heavy atom. The van der Waals surface area contributed by atoms with Crippen molar-refractivity contribution >= 4 is 28.5 Å². The van der Waals surface area contributed by atoms with Crippen LogP contribution in [0.25, 0.3) is 0 Å². The molecule has 0 fully saturated rings. The summed E-state index contributed by atoms with van der Waals surface area (Å²) in [5.74, 6) is 0.669. The molecule has 1 aromatic carbocycles. The van der Waals surface area contributed by atoms with Gasteiger partial charge in [-0.25, -0.2) is 4.99 Å². The lowest BCUT2D eigenvalue weighted by atomic mass is 10.2. The molecule has 14 heavy (non-hydrogen) atoms. The summed E-state index contributed by atoms with van der Waals surface area (Å²) in [6.45, 7) is 9.44. The largest absolute Gasteiger partial charge is 0.270 e. The molecule has 0 atom stereocenters. The fourth-order valence-corrected chi connectivity index (χ4v) is 1.15. The van der Waals surface area contributed by atoms with Crippen LogP contribution in [0.15, 0.2) is 51.9 Å². The van der Waals surface area contributed by atoms with Crippen molar-refractivity contribution in [3.8, 4) is 0 Å². The number of amidine groups is 1. The average molecular weight is 253 g/mol. The van der Waals surface area contributed by atoms with Crippen molar-refractivity contribution in [3.05, 3.63) is 47.5 Å². The van der Waals surface area contributed by atoms with Crippen molar-refractivity contribution in [1.82, 2.24) is 0 Å². The standard InChI is InChI=1S/C9H9BrN2.C2H4/c1-11-9(12-2)7-3-5-8(10)6-4-7;1-2/h3-6H,1H2,2H3;1-2H2. The van der Waals surface area contributed by atoms with E-state index in [1.807, 2.05) is 24.3 Å². The van der Waals surface area contributed by atoms with E-state index in [9.17, 15) is 0 Å². The van der Waals surface area contributed by atoms with E-state index in [-0.39, 0.29) is 0 Å². The molecule has 0 saturated heterocycles. The van der Waals surface area contributed by atoms with Gasteiger partial charge in [0, 0.05) is 17.1 Å². The molecule has 3 heteroatoms. The molecule has 0 spiro atoms. The van der Waals surface area contributed by atoms with Crippen LogP contribution in [0.1, 0.15) is 5.56 Å². The Balaban J connectivity index is 0.000000791. The molecule has 0 amide bonds. The van der Waals surface area contributed by atoms with E-state index >= 15 is 0 Å². The summed E-state index contributed by atoms with van der Waals surface area (Å²) in [6, 6.07) is 7.79. The Morgan fingerprint density at radius 1 is 1.21 bits per heavy atom. The van der Waals surface area contributed by atoms with Gasteiger partial charge in [-0.1, -0.05) is 28.1 Å². The van der Waals surface area contributed by atoms with Crippen molar-refractivity contribution in [2.75, 3.05) is 7.05 Å². The first-order chi connectivity index (χ1) is 6.77. The van der Waals surface area contributed by atoms with Crippen molar-refractivity contribution in [2.45, 2.75) is 0 Å². The fourth-order valence-electron chi connectivity index (χ4n) is 0.890. The number of nitrogens with zero attached hydrogens (tertiary/aromatic N) is 2. The van der Waals surface area contributed by atoms with Gasteiger partial charge in [-0.2, -0.15) is 0 Å². The summed E-state index contributed by atoms with van der Waals surface area (Å²) in [5, 5.41) is 0. The quantitative estimate of drug-likeness (QED) is 0.416. The van der Waals surface area contributed by atoms with Crippen LogP contribution in [0.5, 0.6) is 0 Å². The van der Waals surface area contributed by atoms with Crippen LogP contribution in [-0.2, 0) is 0 Å². The minimum absolute atomic E-state index is 0.669. The molecule has 74 valence electrons. The second kappa shape index (κ2) is 7.21. The molecule has 0 radical (unpaired) electrons. The summed E-state index contributed by atoms with van der Waals surface area (Å²) in [5.41, 5.74) is 0.982. The normalized spacial score (nSPS) is 10.0. The lowest BCUT2D eigenvalue weighted by molar-refractivity contribution is 1.39. The third-order valence-corrected chi connectivity index (χ3v) is 1.99. The number of hydrogen-bond acceptors (Lipinski definition) is 1. The maximum absolute atomic E-state index is 3.98. The molecule has 1 rings (SSSR count). The van der Waals surface area contributed by atoms with Crippen LogP contribution in [-0.4, -0.2) is 19.6 Å². The lowest BCUT2D eigenvalue weighted by Crippen LogP contribution is -1.94. The third kappa shape index (κ3) is 3.66. The van der Waals surface area contributed by atoms with Gasteiger partial charge in [-0.15, -0.1) is 13.2 Å². The minimum atomic E-state index is 0.669. The van der Waals surface area contributed by atoms with Crippen molar-refractivity contribution < 1.29 is 0 Å². The number of aliphatic imine (C=N–C) groups is 2. The predicted octanol–water partition coefficient (Wildman–Crippen LogP) is 3.33. The molecular weight excluding hydrogens is 240 g/mol. The first kappa shape index (κ1) is 12.8. The fraction of sp³-hybridized carbons (Fsp3) is 0.0909. The van der Waals surface area contributed by atoms with E-state index in [2.05, 4.69) is 45.8 Å². The van der Waals surface area contributed by atoms with Gasteiger partial charge in [0.1, 0.15) is 0 Å². The van der Waals surface area contributed by atoms with Gasteiger partial charge in [0.25, 0.3) is 0 Å². The minimum Gasteiger partial charge on any atom is -0.270 e. The highest BCUT2D eigenvalue weighted by atomic mass is 79.9. The molecule has 0 heterocycles. The third-order valence-electron chi connectivity index (χ3n) is 1.46. The topological polar surface area (TPSA) is 24.7 Å². The van der Waals surface area contributed by atoms with Crippen molar-refractivity contribution in [3.63, 3.8) is 0 Å². The number of rotatable bonds is 1. The zero-order valence-corrected chi connectivity index (χ0v) is 9.79. The summed E-state index contributed by atoms with van der Waals surface area (Å²) >= 11 is 3.35. The highest BCUT2D eigenvalue weighted by Gasteiger charge is 1.97. The van der Waals surface area contributed by atoms with Crippen molar-refractivity contribution in [2.24, 2.45) is 9.98 Å². The Morgan fingerprint density at radius 3 is 2.07 bits per heavy atom. The molecule has 0 aliphatic carbocycles. The lowest BCUT2D eigenvalue weighted by Gasteiger charge is -1.98.